The number of alkyl halides is 3. The van der Waals surface area contributed by atoms with Gasteiger partial charge in [-0.3, -0.25) is 9.89 Å². The number of para-hydroxylation sites is 1. The standard InChI is InChI=1S/C17H25F3N4O2/c1-21-16(22-6-8-24-9-12-25-13-10-24)23-7-11-26-15-5-3-2-4-14(15)17(18,19)20/h2-5H,6-13H2,1H3,(H2,21,22,23). The molecule has 1 saturated heterocycles. The first-order chi connectivity index (χ1) is 12.5. The summed E-state index contributed by atoms with van der Waals surface area (Å²) in [5.74, 6) is 0.419. The Morgan fingerprint density at radius 1 is 1.19 bits per heavy atom. The summed E-state index contributed by atoms with van der Waals surface area (Å²) < 4.78 is 49.3. The summed E-state index contributed by atoms with van der Waals surface area (Å²) in [4.78, 5) is 6.38. The normalized spacial score (nSPS) is 16.4. The summed E-state index contributed by atoms with van der Waals surface area (Å²) in [6.07, 6.45) is -4.43. The molecule has 0 aliphatic carbocycles. The molecule has 0 spiro atoms. The maximum Gasteiger partial charge on any atom is 0.419 e. The van der Waals surface area contributed by atoms with E-state index in [9.17, 15) is 13.2 Å². The lowest BCUT2D eigenvalue weighted by molar-refractivity contribution is -0.138. The predicted molar refractivity (Wildman–Crippen MR) is 93.6 cm³/mol. The Bertz CT molecular complexity index is 575. The van der Waals surface area contributed by atoms with Crippen molar-refractivity contribution < 1.29 is 22.6 Å². The second-order valence-electron chi connectivity index (χ2n) is 5.72. The Morgan fingerprint density at radius 3 is 2.58 bits per heavy atom. The van der Waals surface area contributed by atoms with Crippen LogP contribution in [0.1, 0.15) is 5.56 Å². The van der Waals surface area contributed by atoms with Gasteiger partial charge in [-0.2, -0.15) is 13.2 Å². The summed E-state index contributed by atoms with van der Waals surface area (Å²) in [5.41, 5.74) is -0.770. The van der Waals surface area contributed by atoms with E-state index in [1.165, 1.54) is 18.2 Å². The minimum Gasteiger partial charge on any atom is -0.491 e. The van der Waals surface area contributed by atoms with Crippen LogP contribution in [-0.4, -0.2) is 70.5 Å². The van der Waals surface area contributed by atoms with Crippen molar-refractivity contribution in [3.05, 3.63) is 29.8 Å². The van der Waals surface area contributed by atoms with Gasteiger partial charge in [-0.1, -0.05) is 12.1 Å². The summed E-state index contributed by atoms with van der Waals surface area (Å²) in [7, 11) is 1.64. The Balaban J connectivity index is 1.68. The first kappa shape index (κ1) is 20.3. The summed E-state index contributed by atoms with van der Waals surface area (Å²) in [6.45, 7) is 5.37. The second kappa shape index (κ2) is 10.2. The summed E-state index contributed by atoms with van der Waals surface area (Å²) in [6, 6.07) is 5.19. The van der Waals surface area contributed by atoms with Crippen LogP contribution in [0.3, 0.4) is 0 Å². The van der Waals surface area contributed by atoms with Crippen LogP contribution in [0.25, 0.3) is 0 Å². The van der Waals surface area contributed by atoms with Gasteiger partial charge in [-0.05, 0) is 12.1 Å². The Labute approximate surface area is 151 Å². The van der Waals surface area contributed by atoms with Crippen molar-refractivity contribution in [1.29, 1.82) is 0 Å². The summed E-state index contributed by atoms with van der Waals surface area (Å²) >= 11 is 0. The number of hydrogen-bond acceptors (Lipinski definition) is 4. The molecule has 0 amide bonds. The predicted octanol–water partition coefficient (Wildman–Crippen LogP) is 1.58. The van der Waals surface area contributed by atoms with Crippen molar-refractivity contribution in [2.75, 3.05) is 59.6 Å². The number of nitrogens with one attached hydrogen (secondary N) is 2. The molecular formula is C17H25F3N4O2. The van der Waals surface area contributed by atoms with Gasteiger partial charge in [0.1, 0.15) is 12.4 Å². The average Bonchev–Trinajstić information content (AvgIpc) is 2.64. The number of benzene rings is 1. The van der Waals surface area contributed by atoms with Crippen LogP contribution in [0, 0.1) is 0 Å². The average molecular weight is 374 g/mol. The van der Waals surface area contributed by atoms with Crippen LogP contribution in [-0.2, 0) is 10.9 Å². The van der Waals surface area contributed by atoms with Gasteiger partial charge in [-0.15, -0.1) is 0 Å². The van der Waals surface area contributed by atoms with E-state index in [1.807, 2.05) is 0 Å². The van der Waals surface area contributed by atoms with Gasteiger partial charge >= 0.3 is 6.18 Å². The van der Waals surface area contributed by atoms with E-state index in [4.69, 9.17) is 9.47 Å². The van der Waals surface area contributed by atoms with Crippen LogP contribution in [0.5, 0.6) is 5.75 Å². The third-order valence-electron chi connectivity index (χ3n) is 3.89. The van der Waals surface area contributed by atoms with Gasteiger partial charge in [0.25, 0.3) is 0 Å². The smallest absolute Gasteiger partial charge is 0.419 e. The zero-order chi connectivity index (χ0) is 18.8. The number of morpholine rings is 1. The topological polar surface area (TPSA) is 58.1 Å². The molecule has 0 unspecified atom stereocenters. The zero-order valence-corrected chi connectivity index (χ0v) is 14.8. The van der Waals surface area contributed by atoms with E-state index in [-0.39, 0.29) is 12.4 Å². The minimum atomic E-state index is -4.43. The number of aliphatic imine (C=N–C) groups is 1. The molecule has 6 nitrogen and oxygen atoms in total. The van der Waals surface area contributed by atoms with Gasteiger partial charge in [0, 0.05) is 33.2 Å². The highest BCUT2D eigenvalue weighted by molar-refractivity contribution is 5.79. The Morgan fingerprint density at radius 2 is 1.88 bits per heavy atom. The lowest BCUT2D eigenvalue weighted by Crippen LogP contribution is -2.45. The van der Waals surface area contributed by atoms with Crippen LogP contribution < -0.4 is 15.4 Å². The molecule has 1 aliphatic heterocycles. The number of ether oxygens (including phenoxy) is 2. The molecule has 0 saturated carbocycles. The molecular weight excluding hydrogens is 349 g/mol. The number of hydrogen-bond donors (Lipinski definition) is 2. The summed E-state index contributed by atoms with van der Waals surface area (Å²) in [5, 5.41) is 6.20. The van der Waals surface area contributed by atoms with Gasteiger partial charge in [-0.25, -0.2) is 0 Å². The van der Waals surface area contributed by atoms with E-state index in [0.29, 0.717) is 12.5 Å². The SMILES string of the molecule is CN=C(NCCOc1ccccc1C(F)(F)F)NCCN1CCOCC1. The van der Waals surface area contributed by atoms with Gasteiger partial charge in [0.05, 0.1) is 25.3 Å². The van der Waals surface area contributed by atoms with E-state index in [0.717, 1.165) is 45.5 Å². The van der Waals surface area contributed by atoms with Crippen LogP contribution in [0.15, 0.2) is 29.3 Å². The maximum atomic E-state index is 12.9. The lowest BCUT2D eigenvalue weighted by Gasteiger charge is -2.26. The fourth-order valence-electron chi connectivity index (χ4n) is 2.53. The van der Waals surface area contributed by atoms with Crippen molar-refractivity contribution in [3.63, 3.8) is 0 Å². The molecule has 1 aliphatic rings. The van der Waals surface area contributed by atoms with Crippen LogP contribution >= 0.6 is 0 Å². The molecule has 0 bridgehead atoms. The molecule has 146 valence electrons. The highest BCUT2D eigenvalue weighted by Gasteiger charge is 2.33. The molecule has 9 heteroatoms. The fraction of sp³-hybridized carbons (Fsp3) is 0.588. The quantitative estimate of drug-likeness (QED) is 0.431. The van der Waals surface area contributed by atoms with Crippen molar-refractivity contribution in [1.82, 2.24) is 15.5 Å². The molecule has 0 radical (unpaired) electrons. The molecule has 1 aromatic carbocycles. The fourth-order valence-corrected chi connectivity index (χ4v) is 2.53. The highest BCUT2D eigenvalue weighted by atomic mass is 19.4. The largest absolute Gasteiger partial charge is 0.491 e. The van der Waals surface area contributed by atoms with E-state index >= 15 is 0 Å². The lowest BCUT2D eigenvalue weighted by atomic mass is 10.2. The number of rotatable bonds is 7. The molecule has 1 heterocycles. The van der Waals surface area contributed by atoms with Crippen LogP contribution in [0.2, 0.25) is 0 Å². The molecule has 0 atom stereocenters. The molecule has 1 fully saturated rings. The Hall–Kier alpha value is -2.00. The van der Waals surface area contributed by atoms with Gasteiger partial charge in [0.15, 0.2) is 5.96 Å². The van der Waals surface area contributed by atoms with Crippen molar-refractivity contribution in [2.24, 2.45) is 4.99 Å². The molecule has 2 N–H and O–H groups in total. The monoisotopic (exact) mass is 374 g/mol. The number of guanidine groups is 1. The first-order valence-corrected chi connectivity index (χ1v) is 8.54. The second-order valence-corrected chi connectivity index (χ2v) is 5.72. The van der Waals surface area contributed by atoms with E-state index in [2.05, 4.69) is 20.5 Å². The van der Waals surface area contributed by atoms with Crippen LogP contribution in [0.4, 0.5) is 13.2 Å². The van der Waals surface area contributed by atoms with E-state index in [1.54, 1.807) is 7.05 Å². The van der Waals surface area contributed by atoms with Crippen molar-refractivity contribution in [2.45, 2.75) is 6.18 Å². The number of halogens is 3. The molecule has 26 heavy (non-hydrogen) atoms. The molecule has 2 rings (SSSR count). The van der Waals surface area contributed by atoms with Crippen molar-refractivity contribution in [3.8, 4) is 5.75 Å². The number of nitrogens with zero attached hydrogens (tertiary/aromatic N) is 2. The van der Waals surface area contributed by atoms with Gasteiger partial charge in [0.2, 0.25) is 0 Å². The first-order valence-electron chi connectivity index (χ1n) is 8.54. The Kier molecular flexibility index (Phi) is 7.99. The van der Waals surface area contributed by atoms with E-state index < -0.39 is 11.7 Å². The molecule has 0 aromatic heterocycles. The molecule has 1 aromatic rings. The van der Waals surface area contributed by atoms with Crippen molar-refractivity contribution >= 4 is 5.96 Å². The highest BCUT2D eigenvalue weighted by Crippen LogP contribution is 2.35. The minimum absolute atomic E-state index is 0.0945. The third kappa shape index (κ3) is 6.72. The third-order valence-corrected chi connectivity index (χ3v) is 3.89. The maximum absolute atomic E-state index is 12.9. The zero-order valence-electron chi connectivity index (χ0n) is 14.8. The van der Waals surface area contributed by atoms with Gasteiger partial charge < -0.3 is 20.1 Å².